The minimum absolute atomic E-state index is 0. The molecule has 0 rings (SSSR count). The van der Waals surface area contributed by atoms with E-state index in [4.69, 9.17) is 60.6 Å². The summed E-state index contributed by atoms with van der Waals surface area (Å²) in [7, 11) is 0. The standard InChI is InChI=1S/4C2H4O2.2NO.2Rh/c4*1-2(3)4;2*1-2;;/h4*1H3,(H,3,4);;;;/q;;;;;;2*+2/p-4. The van der Waals surface area contributed by atoms with Crippen molar-refractivity contribution in [1.82, 2.24) is 11.2 Å². The van der Waals surface area contributed by atoms with E-state index < -0.39 is 23.9 Å². The second-order valence-corrected chi connectivity index (χ2v) is 1.97. The maximum absolute atomic E-state index is 8.89. The summed E-state index contributed by atoms with van der Waals surface area (Å²) in [6, 6.07) is 0. The first-order valence-electron chi connectivity index (χ1n) is 4.00. The molecule has 0 unspecified atom stereocenters. The molecule has 0 spiro atoms. The summed E-state index contributed by atoms with van der Waals surface area (Å²) in [6.45, 7) is 3.89. The molecular weight excluding hydrogens is 490 g/mol. The van der Waals surface area contributed by atoms with E-state index in [1.54, 1.807) is 0 Å². The van der Waals surface area contributed by atoms with Crippen molar-refractivity contribution in [3.05, 3.63) is 9.81 Å². The van der Waals surface area contributed by atoms with Crippen molar-refractivity contribution < 1.29 is 78.6 Å². The number of nitrogens with zero attached hydrogens (tertiary/aromatic N) is 2. The Bertz CT molecular complexity index is 199. The maximum atomic E-state index is 8.89. The van der Waals surface area contributed by atoms with Crippen LogP contribution >= 0.6 is 0 Å². The normalized spacial score (nSPS) is 4.91. The summed E-state index contributed by atoms with van der Waals surface area (Å²) < 4.78 is 0. The van der Waals surface area contributed by atoms with Gasteiger partial charge >= 0.3 is 39.0 Å². The molecule has 132 valence electrons. The van der Waals surface area contributed by atoms with Crippen LogP contribution < -0.4 is 31.6 Å². The summed E-state index contributed by atoms with van der Waals surface area (Å²) in [5.41, 5.74) is 11.5. The van der Waals surface area contributed by atoms with Crippen LogP contribution in [-0.2, 0) is 58.1 Å². The number of carboxylic acid groups (broad SMARTS) is 4. The van der Waals surface area contributed by atoms with Gasteiger partial charge in [-0.05, 0) is 27.7 Å². The minimum Gasteiger partial charge on any atom is -0.550 e. The monoisotopic (exact) mass is 502 g/mol. The van der Waals surface area contributed by atoms with Gasteiger partial charge < -0.3 is 39.6 Å². The zero-order valence-corrected chi connectivity index (χ0v) is 14.9. The molecule has 0 aromatic carbocycles. The van der Waals surface area contributed by atoms with Gasteiger partial charge in [-0.2, -0.15) is 0 Å². The van der Waals surface area contributed by atoms with Crippen LogP contribution in [0.4, 0.5) is 0 Å². The number of carboxylic acids is 4. The van der Waals surface area contributed by atoms with Gasteiger partial charge in [-0.15, -0.1) is 9.81 Å². The summed E-state index contributed by atoms with van der Waals surface area (Å²) in [5.74, 6) is -4.33. The third-order valence-electron chi connectivity index (χ3n) is 0. The molecule has 14 heteroatoms. The Labute approximate surface area is 151 Å². The fraction of sp³-hybridized carbons (Fsp3) is 0.500. The Hall–Kier alpha value is -1.67. The number of rotatable bonds is 0. The fourth-order valence-corrected chi connectivity index (χ4v) is 0. The fourth-order valence-electron chi connectivity index (χ4n) is 0. The first kappa shape index (κ1) is 50.0. The molecule has 0 bridgehead atoms. The van der Waals surface area contributed by atoms with Crippen LogP contribution in [-0.4, -0.2) is 23.9 Å². The molecule has 0 N–H and O–H groups in total. The molecule has 0 aliphatic heterocycles. The van der Waals surface area contributed by atoms with E-state index in [0.717, 1.165) is 27.7 Å². The molecule has 0 amide bonds. The van der Waals surface area contributed by atoms with Crippen molar-refractivity contribution in [3.8, 4) is 0 Å². The topological polar surface area (TPSA) is 239 Å². The molecule has 0 aromatic rings. The van der Waals surface area contributed by atoms with Gasteiger partial charge in [0.1, 0.15) is 11.2 Å². The van der Waals surface area contributed by atoms with Crippen LogP contribution in [0.15, 0.2) is 0 Å². The van der Waals surface area contributed by atoms with Gasteiger partial charge in [-0.1, -0.05) is 0 Å². The van der Waals surface area contributed by atoms with Gasteiger partial charge in [-0.3, -0.25) is 0 Å². The number of carbonyl (C=O) groups is 4. The van der Waals surface area contributed by atoms with Gasteiger partial charge in [0.15, 0.2) is 0 Å². The predicted molar refractivity (Wildman–Crippen MR) is 53.7 cm³/mol. The van der Waals surface area contributed by atoms with Crippen LogP contribution in [0.3, 0.4) is 0 Å². The Kier molecular flexibility index (Phi) is 138. The summed E-state index contributed by atoms with van der Waals surface area (Å²) in [6.07, 6.45) is 0. The molecule has 4 radical (unpaired) electrons. The number of hydrogen-bond donors (Lipinski definition) is 0. The second-order valence-electron chi connectivity index (χ2n) is 1.97. The number of nitroso groups, excluding NO2 is 2. The molecule has 12 nitrogen and oxygen atoms in total. The van der Waals surface area contributed by atoms with Crippen LogP contribution in [0.5, 0.6) is 0 Å². The molecule has 22 heavy (non-hydrogen) atoms. The van der Waals surface area contributed by atoms with Gasteiger partial charge in [0, 0.05) is 23.9 Å². The Morgan fingerprint density at radius 1 is 0.500 bits per heavy atom. The molecular formula is C8H12N2O10Rh2. The van der Waals surface area contributed by atoms with Gasteiger partial charge in [0.25, 0.3) is 0 Å². The van der Waals surface area contributed by atoms with Crippen molar-refractivity contribution >= 4 is 23.9 Å². The Morgan fingerprint density at radius 3 is 0.500 bits per heavy atom. The summed E-state index contributed by atoms with van der Waals surface area (Å²) in [5, 5.41) is 35.6. The van der Waals surface area contributed by atoms with Crippen LogP contribution in [0.2, 0.25) is 0 Å². The molecule has 0 atom stereocenters. The Balaban J connectivity index is -0.0000000179. The smallest absolute Gasteiger partial charge is 0.550 e. The first-order chi connectivity index (χ1) is 8.93. The van der Waals surface area contributed by atoms with Crippen LogP contribution in [0.25, 0.3) is 0 Å². The van der Waals surface area contributed by atoms with Crippen molar-refractivity contribution in [2.75, 3.05) is 0 Å². The van der Waals surface area contributed by atoms with E-state index in [-0.39, 0.29) is 39.0 Å². The van der Waals surface area contributed by atoms with E-state index in [9.17, 15) is 0 Å². The van der Waals surface area contributed by atoms with E-state index in [0.29, 0.717) is 0 Å². The molecule has 0 heterocycles. The predicted octanol–water partition coefficient (Wildman–Crippen LogP) is -5.87. The number of hydrogen-bond acceptors (Lipinski definition) is 10. The first-order valence-corrected chi connectivity index (χ1v) is 4.00. The third kappa shape index (κ3) is 1970. The molecule has 0 fully saturated rings. The molecule has 0 saturated carbocycles. The van der Waals surface area contributed by atoms with Crippen LogP contribution in [0.1, 0.15) is 27.7 Å². The van der Waals surface area contributed by atoms with E-state index >= 15 is 0 Å². The van der Waals surface area contributed by atoms with Gasteiger partial charge in [0.05, 0.1) is 0 Å². The van der Waals surface area contributed by atoms with Gasteiger partial charge in [-0.25, -0.2) is 0 Å². The summed E-state index contributed by atoms with van der Waals surface area (Å²) in [4.78, 5) is 50.1. The molecule has 0 saturated heterocycles. The zero-order valence-electron chi connectivity index (χ0n) is 11.6. The molecule has 0 aromatic heterocycles. The van der Waals surface area contributed by atoms with Crippen molar-refractivity contribution in [2.24, 2.45) is 0 Å². The minimum atomic E-state index is -1.08. The average molecular weight is 502 g/mol. The quantitative estimate of drug-likeness (QED) is 0.284. The van der Waals surface area contributed by atoms with Gasteiger partial charge in [0.2, 0.25) is 0 Å². The van der Waals surface area contributed by atoms with E-state index in [1.165, 1.54) is 0 Å². The van der Waals surface area contributed by atoms with E-state index in [2.05, 4.69) is 0 Å². The largest absolute Gasteiger partial charge is 2.00 e. The zero-order chi connectivity index (χ0) is 18.3. The third-order valence-corrected chi connectivity index (χ3v) is 0. The van der Waals surface area contributed by atoms with Crippen molar-refractivity contribution in [2.45, 2.75) is 27.7 Å². The Morgan fingerprint density at radius 2 is 0.500 bits per heavy atom. The maximum Gasteiger partial charge on any atom is 2.00 e. The van der Waals surface area contributed by atoms with Crippen molar-refractivity contribution in [3.63, 3.8) is 0 Å². The van der Waals surface area contributed by atoms with Crippen molar-refractivity contribution in [1.29, 1.82) is 0 Å². The number of aliphatic carboxylic acids is 4. The van der Waals surface area contributed by atoms with E-state index in [1.807, 2.05) is 0 Å². The molecule has 0 aliphatic rings. The summed E-state index contributed by atoms with van der Waals surface area (Å²) >= 11 is 0. The number of carbonyl (C=O) groups excluding carboxylic acids is 4. The average Bonchev–Trinajstić information content (AvgIpc) is 2.19. The van der Waals surface area contributed by atoms with Crippen LogP contribution in [0, 0.1) is 9.81 Å². The molecule has 0 aliphatic carbocycles. The SMILES string of the molecule is CC(=O)[O-].CC(=O)[O-].CC(=O)[O-].CC(=O)[O-].[N]=O.[N]=O.[Rh+2].[Rh+2]. The second kappa shape index (κ2) is 60.9.